The molecule has 0 atom stereocenters. The Hall–Kier alpha value is -0.900. The molecule has 0 fully saturated rings. The van der Waals surface area contributed by atoms with Crippen LogP contribution < -0.4 is 4.31 Å². The van der Waals surface area contributed by atoms with E-state index < -0.39 is 22.5 Å². The number of aliphatic carboxylic acids is 1. The Labute approximate surface area is 142 Å². The predicted molar refractivity (Wildman–Crippen MR) is 88.3 cm³/mol. The number of halogens is 2. The number of thiophene rings is 1. The predicted octanol–water partition coefficient (Wildman–Crippen LogP) is 3.55. The summed E-state index contributed by atoms with van der Waals surface area (Å²) in [5.41, 5.74) is 0.300. The maximum atomic E-state index is 12.7. The van der Waals surface area contributed by atoms with Crippen LogP contribution >= 0.6 is 43.2 Å². The third-order valence-electron chi connectivity index (χ3n) is 2.52. The van der Waals surface area contributed by atoms with Gasteiger partial charge in [0.1, 0.15) is 11.4 Å². The Kier molecular flexibility index (Phi) is 5.07. The molecule has 1 aromatic carbocycles. The van der Waals surface area contributed by atoms with Gasteiger partial charge in [0.2, 0.25) is 0 Å². The van der Waals surface area contributed by atoms with Gasteiger partial charge < -0.3 is 5.11 Å². The smallest absolute Gasteiger partial charge is 0.324 e. The first-order valence-corrected chi connectivity index (χ1v) is 9.41. The molecular formula is C12H9Br2NO4S2. The molecular weight excluding hydrogens is 446 g/mol. The second-order valence-electron chi connectivity index (χ2n) is 3.93. The molecule has 1 N–H and O–H groups in total. The number of carboxylic acid groups (broad SMARTS) is 1. The molecule has 9 heteroatoms. The molecule has 0 aliphatic rings. The van der Waals surface area contributed by atoms with E-state index in [2.05, 4.69) is 31.9 Å². The largest absolute Gasteiger partial charge is 0.480 e. The van der Waals surface area contributed by atoms with E-state index >= 15 is 0 Å². The third kappa shape index (κ3) is 3.65. The van der Waals surface area contributed by atoms with Gasteiger partial charge in [-0.05, 0) is 50.1 Å². The number of hydrogen-bond acceptors (Lipinski definition) is 4. The normalized spacial score (nSPS) is 11.3. The van der Waals surface area contributed by atoms with Gasteiger partial charge in [0.15, 0.2) is 0 Å². The molecule has 2 rings (SSSR count). The van der Waals surface area contributed by atoms with Crippen molar-refractivity contribution >= 4 is 64.9 Å². The second-order valence-corrected chi connectivity index (χ2v) is 9.51. The topological polar surface area (TPSA) is 74.7 Å². The number of nitrogens with zero attached hydrogens (tertiary/aromatic N) is 1. The highest BCUT2D eigenvalue weighted by atomic mass is 79.9. The van der Waals surface area contributed by atoms with Gasteiger partial charge in [-0.15, -0.1) is 11.3 Å². The molecule has 0 radical (unpaired) electrons. The van der Waals surface area contributed by atoms with Crippen molar-refractivity contribution in [2.24, 2.45) is 0 Å². The highest BCUT2D eigenvalue weighted by Crippen LogP contribution is 2.37. The lowest BCUT2D eigenvalue weighted by Crippen LogP contribution is -2.35. The van der Waals surface area contributed by atoms with Crippen molar-refractivity contribution < 1.29 is 18.3 Å². The maximum absolute atomic E-state index is 12.7. The van der Waals surface area contributed by atoms with E-state index in [4.69, 9.17) is 5.11 Å². The van der Waals surface area contributed by atoms with Crippen LogP contribution in [0.15, 0.2) is 48.9 Å². The molecule has 0 spiro atoms. The molecule has 0 saturated heterocycles. The Morgan fingerprint density at radius 2 is 1.86 bits per heavy atom. The number of carboxylic acids is 1. The van der Waals surface area contributed by atoms with Gasteiger partial charge in [-0.25, -0.2) is 8.42 Å². The van der Waals surface area contributed by atoms with Crippen LogP contribution in [0.1, 0.15) is 0 Å². The SMILES string of the molecule is O=C(O)CN(c1ccccc1)S(=O)(=O)c1cc(Br)sc1Br. The van der Waals surface area contributed by atoms with E-state index in [0.29, 0.717) is 13.3 Å². The van der Waals surface area contributed by atoms with Crippen molar-refractivity contribution in [2.45, 2.75) is 4.90 Å². The number of carbonyl (C=O) groups is 1. The zero-order valence-electron chi connectivity index (χ0n) is 10.4. The van der Waals surface area contributed by atoms with Gasteiger partial charge in [0.25, 0.3) is 10.0 Å². The van der Waals surface area contributed by atoms with Crippen LogP contribution in [-0.4, -0.2) is 26.0 Å². The van der Waals surface area contributed by atoms with Gasteiger partial charge in [-0.3, -0.25) is 9.10 Å². The minimum atomic E-state index is -3.97. The van der Waals surface area contributed by atoms with Gasteiger partial charge in [-0.1, -0.05) is 18.2 Å². The molecule has 5 nitrogen and oxygen atoms in total. The summed E-state index contributed by atoms with van der Waals surface area (Å²) in [7, 11) is -3.97. The number of para-hydroxylation sites is 1. The van der Waals surface area contributed by atoms with Gasteiger partial charge in [-0.2, -0.15) is 0 Å². The summed E-state index contributed by atoms with van der Waals surface area (Å²) in [6.45, 7) is -0.647. The lowest BCUT2D eigenvalue weighted by atomic mass is 10.3. The molecule has 2 aromatic rings. The van der Waals surface area contributed by atoms with E-state index in [1.54, 1.807) is 30.3 Å². The van der Waals surface area contributed by atoms with Crippen LogP contribution in [0.5, 0.6) is 0 Å². The molecule has 0 saturated carbocycles. The minimum absolute atomic E-state index is 0.0319. The van der Waals surface area contributed by atoms with Crippen LogP contribution in [0, 0.1) is 0 Å². The quantitative estimate of drug-likeness (QED) is 0.749. The van der Waals surface area contributed by atoms with Crippen LogP contribution in [0.3, 0.4) is 0 Å². The first kappa shape index (κ1) is 16.5. The van der Waals surface area contributed by atoms with Crippen LogP contribution in [-0.2, 0) is 14.8 Å². The molecule has 0 aliphatic carbocycles. The fourth-order valence-electron chi connectivity index (χ4n) is 1.65. The van der Waals surface area contributed by atoms with Gasteiger partial charge >= 0.3 is 5.97 Å². The Morgan fingerprint density at radius 3 is 2.33 bits per heavy atom. The third-order valence-corrected chi connectivity index (χ3v) is 7.05. The van der Waals surface area contributed by atoms with E-state index in [9.17, 15) is 13.2 Å². The molecule has 112 valence electrons. The minimum Gasteiger partial charge on any atom is -0.480 e. The highest BCUT2D eigenvalue weighted by molar-refractivity contribution is 9.12. The van der Waals surface area contributed by atoms with E-state index in [-0.39, 0.29) is 4.90 Å². The number of hydrogen-bond donors (Lipinski definition) is 1. The lowest BCUT2D eigenvalue weighted by molar-refractivity contribution is -0.135. The Balaban J connectivity index is 2.55. The van der Waals surface area contributed by atoms with Crippen molar-refractivity contribution in [2.75, 3.05) is 10.8 Å². The molecule has 0 amide bonds. The fourth-order valence-corrected chi connectivity index (χ4v) is 6.83. The number of benzene rings is 1. The molecule has 21 heavy (non-hydrogen) atoms. The maximum Gasteiger partial charge on any atom is 0.324 e. The van der Waals surface area contributed by atoms with Crippen LogP contribution in [0.25, 0.3) is 0 Å². The van der Waals surface area contributed by atoms with Crippen LogP contribution in [0.2, 0.25) is 0 Å². The monoisotopic (exact) mass is 453 g/mol. The van der Waals surface area contributed by atoms with Crippen LogP contribution in [0.4, 0.5) is 5.69 Å². The first-order chi connectivity index (χ1) is 9.82. The number of anilines is 1. The average Bonchev–Trinajstić information content (AvgIpc) is 2.76. The Morgan fingerprint density at radius 1 is 1.24 bits per heavy atom. The molecule has 0 aliphatic heterocycles. The zero-order chi connectivity index (χ0) is 15.6. The summed E-state index contributed by atoms with van der Waals surface area (Å²) < 4.78 is 27.4. The van der Waals surface area contributed by atoms with Crippen molar-refractivity contribution in [3.8, 4) is 0 Å². The number of rotatable bonds is 5. The molecule has 0 bridgehead atoms. The summed E-state index contributed by atoms with van der Waals surface area (Å²) in [6.07, 6.45) is 0. The number of sulfonamides is 1. The van der Waals surface area contributed by atoms with E-state index in [1.165, 1.54) is 17.4 Å². The summed E-state index contributed by atoms with van der Waals surface area (Å²) in [6, 6.07) is 9.58. The van der Waals surface area contributed by atoms with Crippen molar-refractivity contribution in [1.29, 1.82) is 0 Å². The lowest BCUT2D eigenvalue weighted by Gasteiger charge is -2.22. The summed E-state index contributed by atoms with van der Waals surface area (Å²) in [4.78, 5) is 11.1. The molecule has 1 aromatic heterocycles. The van der Waals surface area contributed by atoms with Gasteiger partial charge in [0.05, 0.1) is 13.3 Å². The fraction of sp³-hybridized carbons (Fsp3) is 0.0833. The second kappa shape index (κ2) is 6.47. The highest BCUT2D eigenvalue weighted by Gasteiger charge is 2.30. The average molecular weight is 455 g/mol. The van der Waals surface area contributed by atoms with Crippen molar-refractivity contribution in [3.05, 3.63) is 44.0 Å². The van der Waals surface area contributed by atoms with Crippen molar-refractivity contribution in [3.63, 3.8) is 0 Å². The van der Waals surface area contributed by atoms with Gasteiger partial charge in [0, 0.05) is 0 Å². The summed E-state index contributed by atoms with van der Waals surface area (Å²) in [5.74, 6) is -1.23. The first-order valence-electron chi connectivity index (χ1n) is 5.57. The van der Waals surface area contributed by atoms with E-state index in [0.717, 1.165) is 4.31 Å². The Bertz CT molecular complexity index is 759. The zero-order valence-corrected chi connectivity index (χ0v) is 15.2. The van der Waals surface area contributed by atoms with Crippen molar-refractivity contribution in [1.82, 2.24) is 0 Å². The standard InChI is InChI=1S/C12H9Br2NO4S2/c13-10-6-9(12(14)20-10)21(18,19)15(7-11(16)17)8-4-2-1-3-5-8/h1-6H,7H2,(H,16,17). The van der Waals surface area contributed by atoms with E-state index in [1.807, 2.05) is 0 Å². The summed E-state index contributed by atoms with van der Waals surface area (Å²) >= 11 is 7.62. The summed E-state index contributed by atoms with van der Waals surface area (Å²) in [5, 5.41) is 9.01. The molecule has 0 unspecified atom stereocenters. The molecule has 1 heterocycles.